The molecular weight excluding hydrogens is 448 g/mol. The predicted octanol–water partition coefficient (Wildman–Crippen LogP) is 3.01. The van der Waals surface area contributed by atoms with Crippen molar-refractivity contribution >= 4 is 18.0 Å². The number of benzene rings is 2. The number of fused-ring (bicyclic) bond motifs is 3. The number of carbonyl (C=O) groups is 3. The Morgan fingerprint density at radius 3 is 2.29 bits per heavy atom. The molecule has 1 aliphatic heterocycles. The van der Waals surface area contributed by atoms with Crippen LogP contribution in [0.3, 0.4) is 0 Å². The maximum absolute atomic E-state index is 12.7. The van der Waals surface area contributed by atoms with Crippen molar-refractivity contribution in [1.82, 2.24) is 20.0 Å². The van der Waals surface area contributed by atoms with Gasteiger partial charge >= 0.3 is 12.1 Å². The smallest absolute Gasteiger partial charge is 0.407 e. The number of rotatable bonds is 6. The second-order valence-corrected chi connectivity index (χ2v) is 9.35. The Hall–Kier alpha value is -4.14. The highest BCUT2D eigenvalue weighted by Gasteiger charge is 2.48. The number of carbonyl (C=O) groups excluding carboxylic acids is 2. The first kappa shape index (κ1) is 22.6. The lowest BCUT2D eigenvalue weighted by molar-refractivity contribution is -0.155. The van der Waals surface area contributed by atoms with Gasteiger partial charge in [-0.2, -0.15) is 5.10 Å². The van der Waals surface area contributed by atoms with E-state index in [-0.39, 0.29) is 38.1 Å². The van der Waals surface area contributed by atoms with Crippen LogP contribution in [-0.2, 0) is 23.1 Å². The van der Waals surface area contributed by atoms with Gasteiger partial charge < -0.3 is 20.1 Å². The molecule has 0 spiro atoms. The fourth-order valence-electron chi connectivity index (χ4n) is 4.86. The Labute approximate surface area is 202 Å². The van der Waals surface area contributed by atoms with Gasteiger partial charge in [0.2, 0.25) is 0 Å². The highest BCUT2D eigenvalue weighted by molar-refractivity contribution is 5.94. The summed E-state index contributed by atoms with van der Waals surface area (Å²) >= 11 is 0. The van der Waals surface area contributed by atoms with Crippen LogP contribution in [0.5, 0.6) is 0 Å². The number of hydrogen-bond donors (Lipinski definition) is 2. The van der Waals surface area contributed by atoms with Gasteiger partial charge in [-0.3, -0.25) is 14.3 Å². The zero-order chi connectivity index (χ0) is 24.7. The average Bonchev–Trinajstić information content (AvgIpc) is 3.36. The SMILES string of the molecule is Cn1nc(CNC(=O)OCC2c3ccccc3-c3ccccc32)cc1C(=O)N1CC(C)(C(=O)O)C1. The molecule has 5 rings (SSSR count). The number of likely N-dealkylation sites (tertiary alicyclic amines) is 1. The Morgan fingerprint density at radius 1 is 1.09 bits per heavy atom. The maximum atomic E-state index is 12.7. The van der Waals surface area contributed by atoms with Crippen molar-refractivity contribution in [3.8, 4) is 11.1 Å². The standard InChI is InChI=1S/C26H26N4O5/c1-26(24(32)33)14-30(15-26)23(31)22-11-16(28-29(22)2)12-27-25(34)35-13-21-19-9-5-3-7-17(19)18-8-4-6-10-20(18)21/h3-11,21H,12-15H2,1-2H3,(H,27,34)(H,32,33). The van der Waals surface area contributed by atoms with E-state index in [1.807, 2.05) is 24.3 Å². The molecule has 2 N–H and O–H groups in total. The highest BCUT2D eigenvalue weighted by Crippen LogP contribution is 2.44. The van der Waals surface area contributed by atoms with Gasteiger partial charge in [0.25, 0.3) is 5.91 Å². The minimum absolute atomic E-state index is 0.0276. The molecule has 0 bridgehead atoms. The molecule has 1 fully saturated rings. The monoisotopic (exact) mass is 474 g/mol. The molecule has 2 heterocycles. The summed E-state index contributed by atoms with van der Waals surface area (Å²) in [6, 6.07) is 17.9. The Balaban J connectivity index is 1.17. The van der Waals surface area contributed by atoms with Gasteiger partial charge in [-0.05, 0) is 35.2 Å². The van der Waals surface area contributed by atoms with Crippen molar-refractivity contribution < 1.29 is 24.2 Å². The summed E-state index contributed by atoms with van der Waals surface area (Å²) < 4.78 is 6.98. The van der Waals surface area contributed by atoms with E-state index in [4.69, 9.17) is 4.74 Å². The number of alkyl carbamates (subject to hydrolysis) is 1. The topological polar surface area (TPSA) is 114 Å². The number of nitrogens with one attached hydrogen (secondary N) is 1. The number of aromatic nitrogens is 2. The van der Waals surface area contributed by atoms with Crippen LogP contribution in [0.15, 0.2) is 54.6 Å². The normalized spacial score (nSPS) is 15.7. The fraction of sp³-hybridized carbons (Fsp3) is 0.308. The van der Waals surface area contributed by atoms with Crippen molar-refractivity contribution in [3.63, 3.8) is 0 Å². The lowest BCUT2D eigenvalue weighted by atomic mass is 9.82. The van der Waals surface area contributed by atoms with Crippen LogP contribution in [0.25, 0.3) is 11.1 Å². The summed E-state index contributed by atoms with van der Waals surface area (Å²) in [6.45, 7) is 2.24. The third-order valence-corrected chi connectivity index (χ3v) is 6.79. The molecule has 180 valence electrons. The largest absolute Gasteiger partial charge is 0.481 e. The van der Waals surface area contributed by atoms with Crippen LogP contribution in [0.2, 0.25) is 0 Å². The number of hydrogen-bond acceptors (Lipinski definition) is 5. The molecule has 9 heteroatoms. The van der Waals surface area contributed by atoms with Crippen molar-refractivity contribution in [2.75, 3.05) is 19.7 Å². The van der Waals surface area contributed by atoms with Crippen LogP contribution in [0.1, 0.15) is 40.2 Å². The van der Waals surface area contributed by atoms with Crippen LogP contribution in [-0.4, -0.2) is 57.5 Å². The Morgan fingerprint density at radius 2 is 1.69 bits per heavy atom. The molecule has 0 radical (unpaired) electrons. The van der Waals surface area contributed by atoms with Gasteiger partial charge in [0, 0.05) is 26.1 Å². The summed E-state index contributed by atoms with van der Waals surface area (Å²) in [4.78, 5) is 37.9. The molecule has 9 nitrogen and oxygen atoms in total. The molecule has 2 amide bonds. The maximum Gasteiger partial charge on any atom is 0.407 e. The fourth-order valence-corrected chi connectivity index (χ4v) is 4.86. The molecule has 2 aliphatic rings. The van der Waals surface area contributed by atoms with Gasteiger partial charge in [-0.15, -0.1) is 0 Å². The molecule has 3 aromatic rings. The van der Waals surface area contributed by atoms with E-state index in [1.54, 1.807) is 20.0 Å². The number of aliphatic carboxylic acids is 1. The lowest BCUT2D eigenvalue weighted by Gasteiger charge is -2.44. The summed E-state index contributed by atoms with van der Waals surface area (Å²) in [5, 5.41) is 16.2. The van der Waals surface area contributed by atoms with Crippen LogP contribution < -0.4 is 5.32 Å². The molecule has 1 saturated heterocycles. The second kappa shape index (κ2) is 8.57. The first-order chi connectivity index (χ1) is 16.8. The summed E-state index contributed by atoms with van der Waals surface area (Å²) in [7, 11) is 1.64. The van der Waals surface area contributed by atoms with E-state index in [0.29, 0.717) is 11.4 Å². The van der Waals surface area contributed by atoms with E-state index < -0.39 is 17.5 Å². The average molecular weight is 475 g/mol. The quantitative estimate of drug-likeness (QED) is 0.568. The minimum atomic E-state index is -0.917. The van der Waals surface area contributed by atoms with E-state index >= 15 is 0 Å². The Kier molecular flexibility index (Phi) is 5.55. The Bertz CT molecular complexity index is 1280. The molecule has 0 saturated carbocycles. The number of carboxylic acids is 1. The van der Waals surface area contributed by atoms with Gasteiger partial charge in [-0.1, -0.05) is 48.5 Å². The lowest BCUT2D eigenvalue weighted by Crippen LogP contribution is -2.60. The van der Waals surface area contributed by atoms with Crippen molar-refractivity contribution in [3.05, 3.63) is 77.1 Å². The number of aryl methyl sites for hydroxylation is 1. The second-order valence-electron chi connectivity index (χ2n) is 9.35. The number of amides is 2. The molecular formula is C26H26N4O5. The number of nitrogens with zero attached hydrogens (tertiary/aromatic N) is 3. The molecule has 0 unspecified atom stereocenters. The summed E-state index contributed by atoms with van der Waals surface area (Å²) in [5.74, 6) is -1.23. The zero-order valence-electron chi connectivity index (χ0n) is 19.5. The van der Waals surface area contributed by atoms with Gasteiger partial charge in [0.1, 0.15) is 17.7 Å². The van der Waals surface area contributed by atoms with Gasteiger partial charge in [-0.25, -0.2) is 4.79 Å². The number of ether oxygens (including phenoxy) is 1. The van der Waals surface area contributed by atoms with Crippen molar-refractivity contribution in [2.45, 2.75) is 19.4 Å². The third-order valence-electron chi connectivity index (χ3n) is 6.79. The van der Waals surface area contributed by atoms with E-state index in [9.17, 15) is 19.5 Å². The summed E-state index contributed by atoms with van der Waals surface area (Å²) in [6.07, 6.45) is -0.564. The zero-order valence-corrected chi connectivity index (χ0v) is 19.5. The molecule has 1 aliphatic carbocycles. The van der Waals surface area contributed by atoms with Gasteiger partial charge in [0.15, 0.2) is 0 Å². The molecule has 2 aromatic carbocycles. The van der Waals surface area contributed by atoms with E-state index in [1.165, 1.54) is 9.58 Å². The molecule has 0 atom stereocenters. The highest BCUT2D eigenvalue weighted by atomic mass is 16.5. The van der Waals surface area contributed by atoms with Crippen LogP contribution >= 0.6 is 0 Å². The van der Waals surface area contributed by atoms with Crippen molar-refractivity contribution in [2.24, 2.45) is 12.5 Å². The van der Waals surface area contributed by atoms with Crippen LogP contribution in [0.4, 0.5) is 4.79 Å². The summed E-state index contributed by atoms with van der Waals surface area (Å²) in [5.41, 5.74) is 4.52. The minimum Gasteiger partial charge on any atom is -0.481 e. The van der Waals surface area contributed by atoms with E-state index in [0.717, 1.165) is 22.3 Å². The predicted molar refractivity (Wildman–Crippen MR) is 127 cm³/mol. The first-order valence-corrected chi connectivity index (χ1v) is 11.4. The molecule has 1 aromatic heterocycles. The van der Waals surface area contributed by atoms with Crippen LogP contribution in [0, 0.1) is 5.41 Å². The molecule has 35 heavy (non-hydrogen) atoms. The van der Waals surface area contributed by atoms with E-state index in [2.05, 4.69) is 34.7 Å². The first-order valence-electron chi connectivity index (χ1n) is 11.4. The third kappa shape index (κ3) is 4.03. The number of carboxylic acid groups (broad SMARTS) is 1. The van der Waals surface area contributed by atoms with Gasteiger partial charge in [0.05, 0.1) is 12.2 Å². The van der Waals surface area contributed by atoms with Crippen molar-refractivity contribution in [1.29, 1.82) is 0 Å².